The number of nitrogens with one attached hydrogen (secondary N) is 1. The number of hydrogen-bond acceptors (Lipinski definition) is 3. The molecular weight excluding hydrogens is 226 g/mol. The molecule has 0 bridgehead atoms. The zero-order valence-corrected chi connectivity index (χ0v) is 9.46. The number of hydrogen-bond donors (Lipinski definition) is 2. The highest BCUT2D eigenvalue weighted by Crippen LogP contribution is 2.32. The number of nitrogens with zero attached hydrogens (tertiary/aromatic N) is 2. The van der Waals surface area contributed by atoms with Crippen LogP contribution in [-0.4, -0.2) is 24.1 Å². The quantitative estimate of drug-likeness (QED) is 0.841. The summed E-state index contributed by atoms with van der Waals surface area (Å²) in [5.41, 5.74) is 6.68. The van der Waals surface area contributed by atoms with Gasteiger partial charge in [-0.2, -0.15) is 0 Å². The van der Waals surface area contributed by atoms with E-state index in [1.165, 1.54) is 17.2 Å². The second-order valence-electron chi connectivity index (χ2n) is 3.83. The zero-order valence-electron chi connectivity index (χ0n) is 9.46. The predicted molar refractivity (Wildman–Crippen MR) is 62.7 cm³/mol. The largest absolute Gasteiger partial charge is 0.375 e. The molecule has 2 aromatic rings. The number of nitrogen functional groups attached to an aromatic ring is 1. The van der Waals surface area contributed by atoms with Gasteiger partial charge in [0.15, 0.2) is 17.6 Å². The number of anilines is 2. The third-order valence-corrected chi connectivity index (χ3v) is 2.40. The van der Waals surface area contributed by atoms with Gasteiger partial charge >= 0.3 is 0 Å². The minimum absolute atomic E-state index is 0.161. The monoisotopic (exact) mass is 238 g/mol. The van der Waals surface area contributed by atoms with Crippen molar-refractivity contribution in [2.24, 2.45) is 0 Å². The van der Waals surface area contributed by atoms with Gasteiger partial charge in [0.2, 0.25) is 0 Å². The van der Waals surface area contributed by atoms with E-state index in [0.717, 1.165) is 6.07 Å². The highest BCUT2D eigenvalue weighted by Gasteiger charge is 2.17. The fourth-order valence-corrected chi connectivity index (χ4v) is 1.67. The van der Waals surface area contributed by atoms with Crippen molar-refractivity contribution in [3.05, 3.63) is 30.0 Å². The van der Waals surface area contributed by atoms with Crippen molar-refractivity contribution in [1.29, 1.82) is 0 Å². The molecule has 3 N–H and O–H groups in total. The molecule has 0 fully saturated rings. The SMILES string of the molecule is CN(C)c1c(-c2cnc(N)[nH]2)ccc(F)c1F. The molecule has 0 atom stereocenters. The maximum atomic E-state index is 13.7. The average Bonchev–Trinajstić information content (AvgIpc) is 2.68. The van der Waals surface area contributed by atoms with Crippen molar-refractivity contribution in [3.63, 3.8) is 0 Å². The number of halogens is 2. The first kappa shape index (κ1) is 11.4. The van der Waals surface area contributed by atoms with E-state index < -0.39 is 11.6 Å². The molecule has 1 heterocycles. The molecule has 90 valence electrons. The van der Waals surface area contributed by atoms with Gasteiger partial charge in [-0.05, 0) is 12.1 Å². The average molecular weight is 238 g/mol. The number of rotatable bonds is 2. The number of aromatic amines is 1. The summed E-state index contributed by atoms with van der Waals surface area (Å²) in [5.74, 6) is -1.54. The van der Waals surface area contributed by atoms with Gasteiger partial charge in [-0.1, -0.05) is 0 Å². The Morgan fingerprint density at radius 1 is 1.29 bits per heavy atom. The van der Waals surface area contributed by atoms with Crippen LogP contribution >= 0.6 is 0 Å². The molecular formula is C11H12F2N4. The molecule has 4 nitrogen and oxygen atoms in total. The molecule has 0 aliphatic carbocycles. The molecule has 6 heteroatoms. The number of aromatic nitrogens is 2. The van der Waals surface area contributed by atoms with Gasteiger partial charge in [0.05, 0.1) is 17.6 Å². The summed E-state index contributed by atoms with van der Waals surface area (Å²) < 4.78 is 26.9. The molecule has 2 rings (SSSR count). The van der Waals surface area contributed by atoms with Crippen molar-refractivity contribution in [2.45, 2.75) is 0 Å². The molecule has 0 aliphatic heterocycles. The van der Waals surface area contributed by atoms with Gasteiger partial charge in [-0.15, -0.1) is 0 Å². The fraction of sp³-hybridized carbons (Fsp3) is 0.182. The molecule has 17 heavy (non-hydrogen) atoms. The summed E-state index contributed by atoms with van der Waals surface area (Å²) >= 11 is 0. The lowest BCUT2D eigenvalue weighted by atomic mass is 10.1. The van der Waals surface area contributed by atoms with Crippen LogP contribution in [0.15, 0.2) is 18.3 Å². The molecule has 1 aromatic heterocycles. The lowest BCUT2D eigenvalue weighted by Gasteiger charge is -2.17. The summed E-state index contributed by atoms with van der Waals surface area (Å²) in [6, 6.07) is 2.56. The lowest BCUT2D eigenvalue weighted by molar-refractivity contribution is 0.509. The van der Waals surface area contributed by atoms with Gasteiger partial charge in [-0.3, -0.25) is 0 Å². The first-order valence-corrected chi connectivity index (χ1v) is 4.97. The molecule has 0 aliphatic rings. The van der Waals surface area contributed by atoms with E-state index in [2.05, 4.69) is 9.97 Å². The van der Waals surface area contributed by atoms with Gasteiger partial charge in [0, 0.05) is 19.7 Å². The van der Waals surface area contributed by atoms with Crippen LogP contribution in [-0.2, 0) is 0 Å². The van der Waals surface area contributed by atoms with Crippen LogP contribution in [0.5, 0.6) is 0 Å². The van der Waals surface area contributed by atoms with Crippen LogP contribution in [0.2, 0.25) is 0 Å². The first-order chi connectivity index (χ1) is 8.00. The van der Waals surface area contributed by atoms with E-state index in [1.807, 2.05) is 0 Å². The van der Waals surface area contributed by atoms with Crippen molar-refractivity contribution >= 4 is 11.6 Å². The highest BCUT2D eigenvalue weighted by atomic mass is 19.2. The Balaban J connectivity index is 2.65. The molecule has 0 spiro atoms. The van der Waals surface area contributed by atoms with Crippen molar-refractivity contribution in [2.75, 3.05) is 24.7 Å². The van der Waals surface area contributed by atoms with Gasteiger partial charge in [-0.25, -0.2) is 13.8 Å². The fourth-order valence-electron chi connectivity index (χ4n) is 1.67. The maximum Gasteiger partial charge on any atom is 0.197 e. The highest BCUT2D eigenvalue weighted by molar-refractivity contribution is 5.77. The van der Waals surface area contributed by atoms with Crippen molar-refractivity contribution in [3.8, 4) is 11.3 Å². The molecule has 0 radical (unpaired) electrons. The standard InChI is InChI=1S/C11H12F2N4/c1-17(2)10-6(3-4-7(12)9(10)13)8-5-15-11(14)16-8/h3-5H,1-2H3,(H3,14,15,16). The van der Waals surface area contributed by atoms with Crippen LogP contribution in [0.3, 0.4) is 0 Å². The first-order valence-electron chi connectivity index (χ1n) is 4.97. The van der Waals surface area contributed by atoms with Crippen LogP contribution in [0.4, 0.5) is 20.4 Å². The molecule has 0 saturated heterocycles. The molecule has 1 aromatic carbocycles. The van der Waals surface area contributed by atoms with E-state index >= 15 is 0 Å². The van der Waals surface area contributed by atoms with Gasteiger partial charge < -0.3 is 15.6 Å². The van der Waals surface area contributed by atoms with Gasteiger partial charge in [0.25, 0.3) is 0 Å². The lowest BCUT2D eigenvalue weighted by Crippen LogP contribution is -2.13. The summed E-state index contributed by atoms with van der Waals surface area (Å²) in [6.07, 6.45) is 1.48. The number of imidazole rings is 1. The third kappa shape index (κ3) is 1.93. The Hall–Kier alpha value is -2.11. The minimum Gasteiger partial charge on any atom is -0.375 e. The summed E-state index contributed by atoms with van der Waals surface area (Å²) in [6.45, 7) is 0. The summed E-state index contributed by atoms with van der Waals surface area (Å²) in [5, 5.41) is 0. The van der Waals surface area contributed by atoms with Crippen LogP contribution in [0.25, 0.3) is 11.3 Å². The van der Waals surface area contributed by atoms with Crippen molar-refractivity contribution in [1.82, 2.24) is 9.97 Å². The van der Waals surface area contributed by atoms with E-state index in [0.29, 0.717) is 11.3 Å². The smallest absolute Gasteiger partial charge is 0.197 e. The minimum atomic E-state index is -0.888. The number of H-pyrrole nitrogens is 1. The van der Waals surface area contributed by atoms with E-state index in [-0.39, 0.29) is 11.6 Å². The second-order valence-corrected chi connectivity index (χ2v) is 3.83. The number of nitrogens with two attached hydrogens (primary N) is 1. The Labute approximate surface area is 97.1 Å². The van der Waals surface area contributed by atoms with Gasteiger partial charge in [0.1, 0.15) is 0 Å². The number of benzene rings is 1. The van der Waals surface area contributed by atoms with Crippen LogP contribution in [0, 0.1) is 11.6 Å². The summed E-state index contributed by atoms with van der Waals surface area (Å²) in [7, 11) is 3.28. The topological polar surface area (TPSA) is 57.9 Å². The Morgan fingerprint density at radius 3 is 2.53 bits per heavy atom. The molecule has 0 amide bonds. The predicted octanol–water partition coefficient (Wildman–Crippen LogP) is 2.00. The second kappa shape index (κ2) is 4.04. The van der Waals surface area contributed by atoms with Crippen LogP contribution < -0.4 is 10.6 Å². The van der Waals surface area contributed by atoms with E-state index in [4.69, 9.17) is 5.73 Å². The molecule has 0 unspecified atom stereocenters. The normalized spacial score (nSPS) is 10.6. The maximum absolute atomic E-state index is 13.7. The third-order valence-electron chi connectivity index (χ3n) is 2.40. The van der Waals surface area contributed by atoms with E-state index in [9.17, 15) is 8.78 Å². The molecule has 0 saturated carbocycles. The Bertz CT molecular complexity index is 548. The van der Waals surface area contributed by atoms with Crippen LogP contribution in [0.1, 0.15) is 0 Å². The van der Waals surface area contributed by atoms with E-state index in [1.54, 1.807) is 14.1 Å². The van der Waals surface area contributed by atoms with Crippen molar-refractivity contribution < 1.29 is 8.78 Å². The Morgan fingerprint density at radius 2 is 2.00 bits per heavy atom. The Kier molecular flexibility index (Phi) is 2.71. The summed E-state index contributed by atoms with van der Waals surface area (Å²) in [4.78, 5) is 8.12. The zero-order chi connectivity index (χ0) is 12.6.